The number of para-hydroxylation sites is 4. The minimum atomic E-state index is 0.901. The van der Waals surface area contributed by atoms with E-state index in [0.29, 0.717) is 0 Å². The molecule has 0 amide bonds. The highest BCUT2D eigenvalue weighted by atomic mass is 16.3. The van der Waals surface area contributed by atoms with Crippen molar-refractivity contribution in [2.75, 3.05) is 0 Å². The van der Waals surface area contributed by atoms with Crippen LogP contribution in [-0.4, -0.2) is 9.13 Å². The molecule has 39 heavy (non-hydrogen) atoms. The van der Waals surface area contributed by atoms with Gasteiger partial charge in [0.15, 0.2) is 0 Å². The topological polar surface area (TPSA) is 23.0 Å². The molecule has 0 saturated heterocycles. The minimum absolute atomic E-state index is 0.901. The number of rotatable bonds is 2. The molecule has 182 valence electrons. The summed E-state index contributed by atoms with van der Waals surface area (Å²) in [5, 5.41) is 7.29. The first kappa shape index (κ1) is 20.7. The summed E-state index contributed by atoms with van der Waals surface area (Å²) in [6, 6.07) is 47.5. The van der Waals surface area contributed by atoms with Gasteiger partial charge in [-0.2, -0.15) is 0 Å². The highest BCUT2D eigenvalue weighted by Crippen LogP contribution is 2.42. The van der Waals surface area contributed by atoms with Crippen molar-refractivity contribution < 1.29 is 4.42 Å². The second-order valence-electron chi connectivity index (χ2n) is 10.2. The predicted molar refractivity (Wildman–Crippen MR) is 162 cm³/mol. The average Bonchev–Trinajstić information content (AvgIpc) is 3.64. The first-order valence-electron chi connectivity index (χ1n) is 13.3. The van der Waals surface area contributed by atoms with E-state index in [0.717, 1.165) is 33.3 Å². The first-order chi connectivity index (χ1) is 19.4. The second-order valence-corrected chi connectivity index (χ2v) is 10.2. The van der Waals surface area contributed by atoms with Crippen LogP contribution in [0.4, 0.5) is 0 Å². The SMILES string of the molecule is c1ccc(-n2c3ccccc3c3c2ccc2c4ccccc4n(-c4ccc5c(c4)oc4ccccc45)c23)cc1. The van der Waals surface area contributed by atoms with Crippen LogP contribution in [0.1, 0.15) is 0 Å². The van der Waals surface area contributed by atoms with E-state index in [9.17, 15) is 0 Å². The van der Waals surface area contributed by atoms with E-state index in [1.54, 1.807) is 0 Å². The Hall–Kier alpha value is -5.28. The van der Waals surface area contributed by atoms with Gasteiger partial charge >= 0.3 is 0 Å². The number of nitrogens with zero attached hydrogens (tertiary/aromatic N) is 2. The van der Waals surface area contributed by atoms with Gasteiger partial charge in [0.1, 0.15) is 11.2 Å². The van der Waals surface area contributed by atoms with Crippen LogP contribution in [0.15, 0.2) is 138 Å². The number of benzene rings is 6. The van der Waals surface area contributed by atoms with Crippen molar-refractivity contribution >= 4 is 65.6 Å². The van der Waals surface area contributed by atoms with Gasteiger partial charge in [0.2, 0.25) is 0 Å². The van der Waals surface area contributed by atoms with E-state index < -0.39 is 0 Å². The maximum absolute atomic E-state index is 6.32. The molecule has 0 aliphatic rings. The Bertz CT molecular complexity index is 2390. The lowest BCUT2D eigenvalue weighted by atomic mass is 10.1. The maximum atomic E-state index is 6.32. The Morgan fingerprint density at radius 2 is 1.03 bits per heavy atom. The number of fused-ring (bicyclic) bond motifs is 10. The van der Waals surface area contributed by atoms with Gasteiger partial charge in [0, 0.05) is 49.8 Å². The van der Waals surface area contributed by atoms with Crippen LogP contribution in [0.2, 0.25) is 0 Å². The molecular formula is C36H22N2O. The van der Waals surface area contributed by atoms with Crippen LogP contribution < -0.4 is 0 Å². The fraction of sp³-hybridized carbons (Fsp3) is 0. The molecule has 3 heterocycles. The Kier molecular flexibility index (Phi) is 4.05. The van der Waals surface area contributed by atoms with Crippen molar-refractivity contribution in [3.63, 3.8) is 0 Å². The number of hydrogen-bond donors (Lipinski definition) is 0. The minimum Gasteiger partial charge on any atom is -0.456 e. The van der Waals surface area contributed by atoms with Crippen molar-refractivity contribution in [2.24, 2.45) is 0 Å². The Morgan fingerprint density at radius 1 is 0.385 bits per heavy atom. The number of furan rings is 1. The molecule has 0 fully saturated rings. The molecule has 0 bridgehead atoms. The largest absolute Gasteiger partial charge is 0.456 e. The molecular weight excluding hydrogens is 476 g/mol. The molecule has 0 radical (unpaired) electrons. The zero-order valence-electron chi connectivity index (χ0n) is 21.0. The van der Waals surface area contributed by atoms with Gasteiger partial charge in [-0.1, -0.05) is 78.9 Å². The van der Waals surface area contributed by atoms with E-state index in [1.165, 1.54) is 43.6 Å². The van der Waals surface area contributed by atoms with Gasteiger partial charge in [0.05, 0.1) is 22.1 Å². The van der Waals surface area contributed by atoms with Crippen molar-refractivity contribution in [2.45, 2.75) is 0 Å². The lowest BCUT2D eigenvalue weighted by Gasteiger charge is -2.10. The Morgan fingerprint density at radius 3 is 1.87 bits per heavy atom. The van der Waals surface area contributed by atoms with Crippen LogP contribution in [0.25, 0.3) is 76.9 Å². The molecule has 3 nitrogen and oxygen atoms in total. The van der Waals surface area contributed by atoms with Crippen molar-refractivity contribution in [3.05, 3.63) is 133 Å². The molecule has 9 aromatic rings. The van der Waals surface area contributed by atoms with E-state index in [-0.39, 0.29) is 0 Å². The van der Waals surface area contributed by atoms with Gasteiger partial charge < -0.3 is 13.6 Å². The van der Waals surface area contributed by atoms with Crippen LogP contribution >= 0.6 is 0 Å². The molecule has 3 heteroatoms. The third kappa shape index (κ3) is 2.76. The van der Waals surface area contributed by atoms with Crippen LogP contribution in [0, 0.1) is 0 Å². The Labute approximate surface area is 223 Å². The molecule has 3 aromatic heterocycles. The number of aromatic nitrogens is 2. The van der Waals surface area contributed by atoms with Crippen molar-refractivity contribution in [3.8, 4) is 11.4 Å². The summed E-state index contributed by atoms with van der Waals surface area (Å²) in [7, 11) is 0. The summed E-state index contributed by atoms with van der Waals surface area (Å²) < 4.78 is 11.1. The lowest BCUT2D eigenvalue weighted by Crippen LogP contribution is -1.95. The lowest BCUT2D eigenvalue weighted by molar-refractivity contribution is 0.668. The smallest absolute Gasteiger partial charge is 0.137 e. The van der Waals surface area contributed by atoms with E-state index in [2.05, 4.69) is 130 Å². The van der Waals surface area contributed by atoms with Crippen LogP contribution in [0.3, 0.4) is 0 Å². The normalized spacial score (nSPS) is 12.1. The Balaban J connectivity index is 1.47. The van der Waals surface area contributed by atoms with E-state index in [1.807, 2.05) is 12.1 Å². The molecule has 6 aromatic carbocycles. The monoisotopic (exact) mass is 498 g/mol. The second kappa shape index (κ2) is 7.62. The summed E-state index contributed by atoms with van der Waals surface area (Å²) in [5.74, 6) is 0. The average molecular weight is 499 g/mol. The van der Waals surface area contributed by atoms with Gasteiger partial charge in [-0.3, -0.25) is 0 Å². The fourth-order valence-corrected chi connectivity index (χ4v) is 6.49. The maximum Gasteiger partial charge on any atom is 0.137 e. The summed E-state index contributed by atoms with van der Waals surface area (Å²) >= 11 is 0. The van der Waals surface area contributed by atoms with Crippen molar-refractivity contribution in [1.82, 2.24) is 9.13 Å². The van der Waals surface area contributed by atoms with E-state index in [4.69, 9.17) is 4.42 Å². The molecule has 0 unspecified atom stereocenters. The molecule has 0 spiro atoms. The van der Waals surface area contributed by atoms with Crippen LogP contribution in [0.5, 0.6) is 0 Å². The number of hydrogen-bond acceptors (Lipinski definition) is 1. The molecule has 0 saturated carbocycles. The zero-order chi connectivity index (χ0) is 25.5. The van der Waals surface area contributed by atoms with Gasteiger partial charge in [0.25, 0.3) is 0 Å². The molecule has 0 N–H and O–H groups in total. The third-order valence-corrected chi connectivity index (χ3v) is 8.10. The summed E-state index contributed by atoms with van der Waals surface area (Å²) in [6.07, 6.45) is 0. The summed E-state index contributed by atoms with van der Waals surface area (Å²) in [5.41, 5.74) is 8.88. The quantitative estimate of drug-likeness (QED) is 0.233. The van der Waals surface area contributed by atoms with Gasteiger partial charge in [-0.25, -0.2) is 0 Å². The van der Waals surface area contributed by atoms with Crippen LogP contribution in [-0.2, 0) is 0 Å². The van der Waals surface area contributed by atoms with Gasteiger partial charge in [-0.05, 0) is 48.5 Å². The highest BCUT2D eigenvalue weighted by Gasteiger charge is 2.21. The zero-order valence-corrected chi connectivity index (χ0v) is 21.0. The predicted octanol–water partition coefficient (Wildman–Crippen LogP) is 9.78. The summed E-state index contributed by atoms with van der Waals surface area (Å²) in [6.45, 7) is 0. The first-order valence-corrected chi connectivity index (χ1v) is 13.3. The molecule has 9 rings (SSSR count). The summed E-state index contributed by atoms with van der Waals surface area (Å²) in [4.78, 5) is 0. The third-order valence-electron chi connectivity index (χ3n) is 8.10. The van der Waals surface area contributed by atoms with E-state index >= 15 is 0 Å². The standard InChI is InChI=1S/C36H22N2O/c1-2-10-23(11-3-1)37-31-16-8-5-14-29(31)35-32(37)21-20-28-25-12-4-7-15-30(25)38(36(28)35)24-18-19-27-26-13-6-9-17-33(26)39-34(27)22-24/h1-22H. The molecule has 0 atom stereocenters. The highest BCUT2D eigenvalue weighted by molar-refractivity contribution is 6.26. The fourth-order valence-electron chi connectivity index (χ4n) is 6.49. The molecule has 0 aliphatic carbocycles. The van der Waals surface area contributed by atoms with Gasteiger partial charge in [-0.15, -0.1) is 0 Å². The molecule has 0 aliphatic heterocycles. The van der Waals surface area contributed by atoms with Crippen molar-refractivity contribution in [1.29, 1.82) is 0 Å².